The fourth-order valence-corrected chi connectivity index (χ4v) is 2.57. The quantitative estimate of drug-likeness (QED) is 0.763. The molecule has 1 saturated carbocycles. The van der Waals surface area contributed by atoms with Gasteiger partial charge in [-0.2, -0.15) is 0 Å². The van der Waals surface area contributed by atoms with Crippen LogP contribution in [0.15, 0.2) is 0 Å². The van der Waals surface area contributed by atoms with Gasteiger partial charge in [0.05, 0.1) is 6.04 Å². The molecule has 0 bridgehead atoms. The molecule has 1 amide bonds. The predicted molar refractivity (Wildman–Crippen MR) is 65.2 cm³/mol. The van der Waals surface area contributed by atoms with Crippen molar-refractivity contribution >= 4 is 5.91 Å². The van der Waals surface area contributed by atoms with Crippen LogP contribution >= 0.6 is 0 Å². The van der Waals surface area contributed by atoms with Crippen molar-refractivity contribution in [1.29, 1.82) is 0 Å². The summed E-state index contributed by atoms with van der Waals surface area (Å²) in [5.41, 5.74) is 0.0991. The van der Waals surface area contributed by atoms with Crippen LogP contribution < -0.4 is 10.6 Å². The molecule has 2 rings (SSSR count). The van der Waals surface area contributed by atoms with Crippen LogP contribution in [-0.4, -0.2) is 25.0 Å². The molecule has 0 radical (unpaired) electrons. The lowest BCUT2D eigenvalue weighted by atomic mass is 9.77. The standard InChI is InChI=1S/C13H24N2O/c1-13(2)7-3-8-14-11(13)12(16)15-9-6-10-4-5-10/h10-11,14H,3-9H2,1-2H3,(H,15,16). The zero-order valence-corrected chi connectivity index (χ0v) is 10.5. The molecule has 3 nitrogen and oxygen atoms in total. The van der Waals surface area contributed by atoms with Crippen LogP contribution in [-0.2, 0) is 4.79 Å². The first-order valence-corrected chi connectivity index (χ1v) is 6.61. The molecule has 2 N–H and O–H groups in total. The maximum absolute atomic E-state index is 12.0. The first-order chi connectivity index (χ1) is 7.59. The van der Waals surface area contributed by atoms with Gasteiger partial charge in [0.15, 0.2) is 0 Å². The first-order valence-electron chi connectivity index (χ1n) is 6.61. The highest BCUT2D eigenvalue weighted by molar-refractivity contribution is 5.82. The van der Waals surface area contributed by atoms with Crippen molar-refractivity contribution in [2.75, 3.05) is 13.1 Å². The molecule has 0 aromatic carbocycles. The zero-order chi connectivity index (χ0) is 11.6. The Morgan fingerprint density at radius 2 is 2.19 bits per heavy atom. The fraction of sp³-hybridized carbons (Fsp3) is 0.923. The van der Waals surface area contributed by atoms with Crippen LogP contribution in [0.25, 0.3) is 0 Å². The summed E-state index contributed by atoms with van der Waals surface area (Å²) in [5, 5.41) is 6.43. The highest BCUT2D eigenvalue weighted by Crippen LogP contribution is 2.32. The Hall–Kier alpha value is -0.570. The Kier molecular flexibility index (Phi) is 3.53. The van der Waals surface area contributed by atoms with Crippen molar-refractivity contribution in [3.05, 3.63) is 0 Å². The molecule has 2 aliphatic rings. The van der Waals surface area contributed by atoms with Gasteiger partial charge in [0, 0.05) is 6.54 Å². The van der Waals surface area contributed by atoms with Crippen molar-refractivity contribution in [3.63, 3.8) is 0 Å². The van der Waals surface area contributed by atoms with Gasteiger partial charge in [-0.1, -0.05) is 26.7 Å². The molecule has 2 fully saturated rings. The number of hydrogen-bond donors (Lipinski definition) is 2. The zero-order valence-electron chi connectivity index (χ0n) is 10.5. The van der Waals surface area contributed by atoms with Gasteiger partial charge in [-0.25, -0.2) is 0 Å². The average Bonchev–Trinajstić information content (AvgIpc) is 3.00. The maximum Gasteiger partial charge on any atom is 0.237 e. The summed E-state index contributed by atoms with van der Waals surface area (Å²) in [4.78, 5) is 12.0. The Bertz CT molecular complexity index is 259. The molecule has 0 aromatic heterocycles. The predicted octanol–water partition coefficient (Wildman–Crippen LogP) is 1.68. The highest BCUT2D eigenvalue weighted by atomic mass is 16.2. The summed E-state index contributed by atoms with van der Waals surface area (Å²) in [5.74, 6) is 1.10. The number of piperidine rings is 1. The number of carbonyl (C=O) groups is 1. The molecule has 1 unspecified atom stereocenters. The third kappa shape index (κ3) is 2.97. The summed E-state index contributed by atoms with van der Waals surface area (Å²) < 4.78 is 0. The number of rotatable bonds is 4. The summed E-state index contributed by atoms with van der Waals surface area (Å²) in [7, 11) is 0. The van der Waals surface area contributed by atoms with E-state index in [1.54, 1.807) is 0 Å². The number of nitrogens with one attached hydrogen (secondary N) is 2. The lowest BCUT2D eigenvalue weighted by molar-refractivity contribution is -0.126. The van der Waals surface area contributed by atoms with E-state index in [-0.39, 0.29) is 17.4 Å². The van der Waals surface area contributed by atoms with E-state index in [9.17, 15) is 4.79 Å². The molecule has 1 heterocycles. The van der Waals surface area contributed by atoms with E-state index in [0.29, 0.717) is 0 Å². The van der Waals surface area contributed by atoms with E-state index in [1.807, 2.05) is 0 Å². The van der Waals surface area contributed by atoms with E-state index >= 15 is 0 Å². The summed E-state index contributed by atoms with van der Waals surface area (Å²) in [6.07, 6.45) is 6.21. The van der Waals surface area contributed by atoms with Gasteiger partial charge >= 0.3 is 0 Å². The second-order valence-corrected chi connectivity index (χ2v) is 6.00. The lowest BCUT2D eigenvalue weighted by Crippen LogP contribution is -2.55. The first kappa shape index (κ1) is 11.9. The smallest absolute Gasteiger partial charge is 0.237 e. The third-order valence-electron chi connectivity index (χ3n) is 3.94. The van der Waals surface area contributed by atoms with Crippen molar-refractivity contribution in [2.45, 2.75) is 52.0 Å². The SMILES string of the molecule is CC1(C)CCCNC1C(=O)NCCC1CC1. The van der Waals surface area contributed by atoms with E-state index in [1.165, 1.54) is 25.7 Å². The van der Waals surface area contributed by atoms with Crippen molar-refractivity contribution in [3.8, 4) is 0 Å². The van der Waals surface area contributed by atoms with Gasteiger partial charge in [0.1, 0.15) is 0 Å². The van der Waals surface area contributed by atoms with Crippen LogP contribution in [0.4, 0.5) is 0 Å². The minimum atomic E-state index is 0.000420. The van der Waals surface area contributed by atoms with Crippen molar-refractivity contribution < 1.29 is 4.79 Å². The normalized spacial score (nSPS) is 28.8. The molecule has 16 heavy (non-hydrogen) atoms. The largest absolute Gasteiger partial charge is 0.355 e. The number of carbonyl (C=O) groups excluding carboxylic acids is 1. The molecule has 1 aliphatic heterocycles. The Morgan fingerprint density at radius 1 is 1.44 bits per heavy atom. The molecule has 0 spiro atoms. The molecule has 0 aromatic rings. The van der Waals surface area contributed by atoms with Crippen molar-refractivity contribution in [1.82, 2.24) is 10.6 Å². The monoisotopic (exact) mass is 224 g/mol. The summed E-state index contributed by atoms with van der Waals surface area (Å²) in [6, 6.07) is 0.000420. The second-order valence-electron chi connectivity index (χ2n) is 6.00. The molecule has 3 heteroatoms. The second kappa shape index (κ2) is 4.74. The number of hydrogen-bond acceptors (Lipinski definition) is 2. The lowest BCUT2D eigenvalue weighted by Gasteiger charge is -2.38. The van der Waals surface area contributed by atoms with Gasteiger partial charge in [-0.05, 0) is 37.1 Å². The summed E-state index contributed by atoms with van der Waals surface area (Å²) in [6.45, 7) is 6.20. The molecule has 1 aliphatic carbocycles. The van der Waals surface area contributed by atoms with Crippen LogP contribution in [0.3, 0.4) is 0 Å². The minimum Gasteiger partial charge on any atom is -0.355 e. The van der Waals surface area contributed by atoms with Gasteiger partial charge < -0.3 is 10.6 Å². The summed E-state index contributed by atoms with van der Waals surface area (Å²) >= 11 is 0. The fourth-order valence-electron chi connectivity index (χ4n) is 2.57. The minimum absolute atomic E-state index is 0.000420. The maximum atomic E-state index is 12.0. The Balaban J connectivity index is 1.77. The number of amides is 1. The Morgan fingerprint density at radius 3 is 2.81 bits per heavy atom. The van der Waals surface area contributed by atoms with E-state index in [0.717, 1.165) is 25.4 Å². The molecule has 92 valence electrons. The Labute approximate surface area is 98.4 Å². The van der Waals surface area contributed by atoms with Crippen LogP contribution in [0.1, 0.15) is 46.0 Å². The average molecular weight is 224 g/mol. The van der Waals surface area contributed by atoms with Gasteiger partial charge in [-0.3, -0.25) is 4.79 Å². The van der Waals surface area contributed by atoms with Crippen molar-refractivity contribution in [2.24, 2.45) is 11.3 Å². The van der Waals surface area contributed by atoms with E-state index < -0.39 is 0 Å². The van der Waals surface area contributed by atoms with E-state index in [2.05, 4.69) is 24.5 Å². The van der Waals surface area contributed by atoms with Crippen LogP contribution in [0.5, 0.6) is 0 Å². The molecule has 1 saturated heterocycles. The van der Waals surface area contributed by atoms with Gasteiger partial charge in [0.2, 0.25) is 5.91 Å². The molecule has 1 atom stereocenters. The van der Waals surface area contributed by atoms with Crippen LogP contribution in [0.2, 0.25) is 0 Å². The molecular formula is C13H24N2O. The van der Waals surface area contributed by atoms with Gasteiger partial charge in [-0.15, -0.1) is 0 Å². The third-order valence-corrected chi connectivity index (χ3v) is 3.94. The topological polar surface area (TPSA) is 41.1 Å². The van der Waals surface area contributed by atoms with E-state index in [4.69, 9.17) is 0 Å². The molecular weight excluding hydrogens is 200 g/mol. The highest BCUT2D eigenvalue weighted by Gasteiger charge is 2.36. The van der Waals surface area contributed by atoms with Crippen LogP contribution in [0, 0.1) is 11.3 Å². The van der Waals surface area contributed by atoms with Gasteiger partial charge in [0.25, 0.3) is 0 Å².